The summed E-state index contributed by atoms with van der Waals surface area (Å²) >= 11 is 0. The van der Waals surface area contributed by atoms with Gasteiger partial charge in [0.1, 0.15) is 0 Å². The minimum Gasteiger partial charge on any atom is -0.317 e. The molecule has 1 aliphatic rings. The van der Waals surface area contributed by atoms with E-state index in [1.165, 1.54) is 0 Å². The number of hydrogen-bond donors (Lipinski definition) is 2. The van der Waals surface area contributed by atoms with Crippen molar-refractivity contribution in [2.75, 3.05) is 23.6 Å². The lowest BCUT2D eigenvalue weighted by molar-refractivity contribution is 0.402. The molecule has 2 rings (SSSR count). The molecule has 0 radical (unpaired) electrons. The quantitative estimate of drug-likeness (QED) is 0.835. The van der Waals surface area contributed by atoms with Gasteiger partial charge in [-0.2, -0.15) is 5.10 Å². The zero-order chi connectivity index (χ0) is 13.2. The predicted octanol–water partition coefficient (Wildman–Crippen LogP) is 0.470. The van der Waals surface area contributed by atoms with Crippen LogP contribution in [0.5, 0.6) is 0 Å². The van der Waals surface area contributed by atoms with E-state index >= 15 is 0 Å². The minimum absolute atomic E-state index is 0.197. The van der Waals surface area contributed by atoms with E-state index in [1.807, 2.05) is 0 Å². The number of rotatable bonds is 4. The Morgan fingerprint density at radius 3 is 2.72 bits per heavy atom. The van der Waals surface area contributed by atoms with E-state index in [0.717, 1.165) is 25.9 Å². The highest BCUT2D eigenvalue weighted by Crippen LogP contribution is 2.18. The van der Waals surface area contributed by atoms with Crippen molar-refractivity contribution in [1.29, 1.82) is 0 Å². The van der Waals surface area contributed by atoms with Crippen molar-refractivity contribution in [3.05, 3.63) is 11.9 Å². The molecule has 1 aromatic rings. The first-order valence-corrected chi connectivity index (χ1v) is 7.83. The highest BCUT2D eigenvalue weighted by Gasteiger charge is 2.22. The molecule has 0 saturated carbocycles. The van der Waals surface area contributed by atoms with Crippen LogP contribution in [0.4, 0.5) is 5.69 Å². The van der Waals surface area contributed by atoms with Gasteiger partial charge in [-0.3, -0.25) is 9.40 Å². The molecule has 6 nitrogen and oxygen atoms in total. The van der Waals surface area contributed by atoms with Crippen LogP contribution in [-0.2, 0) is 17.1 Å². The standard InChI is InChI=1S/C11H20N4O2S/c1-9-11(7-15(2)13-9)14-18(16,17)8-10-3-5-12-6-4-10/h7,10,12,14H,3-6,8H2,1-2H3. The van der Waals surface area contributed by atoms with Crippen molar-refractivity contribution in [3.8, 4) is 0 Å². The Kier molecular flexibility index (Phi) is 3.91. The van der Waals surface area contributed by atoms with Crippen molar-refractivity contribution < 1.29 is 8.42 Å². The largest absolute Gasteiger partial charge is 0.317 e. The monoisotopic (exact) mass is 272 g/mol. The molecule has 1 fully saturated rings. The fourth-order valence-electron chi connectivity index (χ4n) is 2.27. The minimum atomic E-state index is -3.27. The molecule has 0 amide bonds. The Morgan fingerprint density at radius 2 is 2.17 bits per heavy atom. The zero-order valence-corrected chi connectivity index (χ0v) is 11.6. The highest BCUT2D eigenvalue weighted by atomic mass is 32.2. The summed E-state index contributed by atoms with van der Waals surface area (Å²) < 4.78 is 28.4. The Bertz CT molecular complexity index is 503. The summed E-state index contributed by atoms with van der Waals surface area (Å²) in [5, 5.41) is 7.36. The Labute approximate surface area is 108 Å². The first-order chi connectivity index (χ1) is 8.46. The Hall–Kier alpha value is -1.08. The van der Waals surface area contributed by atoms with Crippen molar-refractivity contribution in [2.45, 2.75) is 19.8 Å². The third kappa shape index (κ3) is 3.46. The van der Waals surface area contributed by atoms with Gasteiger partial charge in [0, 0.05) is 13.2 Å². The summed E-state index contributed by atoms with van der Waals surface area (Å²) in [4.78, 5) is 0. The number of nitrogens with one attached hydrogen (secondary N) is 2. The van der Waals surface area contributed by atoms with Crippen LogP contribution in [0.2, 0.25) is 0 Å². The van der Waals surface area contributed by atoms with E-state index in [2.05, 4.69) is 15.1 Å². The second-order valence-electron chi connectivity index (χ2n) is 4.88. The maximum atomic E-state index is 12.1. The molecule has 1 aliphatic heterocycles. The second kappa shape index (κ2) is 5.27. The zero-order valence-electron chi connectivity index (χ0n) is 10.8. The van der Waals surface area contributed by atoms with Crippen LogP contribution in [0.15, 0.2) is 6.20 Å². The fraction of sp³-hybridized carbons (Fsp3) is 0.727. The van der Waals surface area contributed by atoms with Gasteiger partial charge in [0.15, 0.2) is 0 Å². The maximum absolute atomic E-state index is 12.1. The molecule has 2 heterocycles. The van der Waals surface area contributed by atoms with Gasteiger partial charge in [-0.05, 0) is 38.8 Å². The number of hydrogen-bond acceptors (Lipinski definition) is 4. The van der Waals surface area contributed by atoms with Crippen molar-refractivity contribution in [3.63, 3.8) is 0 Å². The lowest BCUT2D eigenvalue weighted by Gasteiger charge is -2.22. The molecule has 102 valence electrons. The van der Waals surface area contributed by atoms with Gasteiger partial charge in [-0.1, -0.05) is 0 Å². The molecule has 1 aromatic heterocycles. The average Bonchev–Trinajstić information content (AvgIpc) is 2.57. The Balaban J connectivity index is 2.00. The summed E-state index contributed by atoms with van der Waals surface area (Å²) in [5.74, 6) is 0.448. The molecule has 7 heteroatoms. The fourth-order valence-corrected chi connectivity index (χ4v) is 3.84. The third-order valence-electron chi connectivity index (χ3n) is 3.19. The van der Waals surface area contributed by atoms with Gasteiger partial charge < -0.3 is 5.32 Å². The summed E-state index contributed by atoms with van der Waals surface area (Å²) in [7, 11) is -1.50. The number of anilines is 1. The first kappa shape index (κ1) is 13.4. The molecule has 2 N–H and O–H groups in total. The summed E-state index contributed by atoms with van der Waals surface area (Å²) in [6, 6.07) is 0. The summed E-state index contributed by atoms with van der Waals surface area (Å²) in [6.07, 6.45) is 3.54. The highest BCUT2D eigenvalue weighted by molar-refractivity contribution is 7.92. The predicted molar refractivity (Wildman–Crippen MR) is 70.9 cm³/mol. The van der Waals surface area contributed by atoms with Crippen molar-refractivity contribution in [1.82, 2.24) is 15.1 Å². The van der Waals surface area contributed by atoms with Crippen LogP contribution in [0.25, 0.3) is 0 Å². The second-order valence-corrected chi connectivity index (χ2v) is 6.65. The van der Waals surface area contributed by atoms with E-state index in [1.54, 1.807) is 24.9 Å². The molecule has 1 saturated heterocycles. The van der Waals surface area contributed by atoms with E-state index in [0.29, 0.717) is 11.4 Å². The molecule has 0 aromatic carbocycles. The Morgan fingerprint density at radius 1 is 1.50 bits per heavy atom. The van der Waals surface area contributed by atoms with Gasteiger partial charge >= 0.3 is 0 Å². The SMILES string of the molecule is Cc1nn(C)cc1NS(=O)(=O)CC1CCNCC1. The number of aryl methyl sites for hydroxylation is 2. The maximum Gasteiger partial charge on any atom is 0.233 e. The van der Waals surface area contributed by atoms with E-state index in [-0.39, 0.29) is 11.7 Å². The molecule has 0 bridgehead atoms. The topological polar surface area (TPSA) is 76.0 Å². The van der Waals surface area contributed by atoms with Crippen LogP contribution in [-0.4, -0.2) is 37.0 Å². The molecule has 0 unspecified atom stereocenters. The molecule has 0 aliphatic carbocycles. The molecule has 0 atom stereocenters. The van der Waals surface area contributed by atoms with E-state index in [9.17, 15) is 8.42 Å². The van der Waals surface area contributed by atoms with E-state index in [4.69, 9.17) is 0 Å². The van der Waals surface area contributed by atoms with Gasteiger partial charge in [0.05, 0.1) is 17.1 Å². The number of nitrogens with zero attached hydrogens (tertiary/aromatic N) is 2. The lowest BCUT2D eigenvalue weighted by atomic mass is 10.0. The van der Waals surface area contributed by atoms with Crippen molar-refractivity contribution >= 4 is 15.7 Å². The van der Waals surface area contributed by atoms with Gasteiger partial charge in [0.2, 0.25) is 10.0 Å². The van der Waals surface area contributed by atoms with Crippen LogP contribution >= 0.6 is 0 Å². The third-order valence-corrected chi connectivity index (χ3v) is 4.63. The normalized spacial score (nSPS) is 17.9. The molecular formula is C11H20N4O2S. The van der Waals surface area contributed by atoms with Gasteiger partial charge in [0.25, 0.3) is 0 Å². The van der Waals surface area contributed by atoms with Crippen LogP contribution in [0.1, 0.15) is 18.5 Å². The van der Waals surface area contributed by atoms with Crippen LogP contribution in [0, 0.1) is 12.8 Å². The molecule has 0 spiro atoms. The average molecular weight is 272 g/mol. The number of sulfonamides is 1. The van der Waals surface area contributed by atoms with E-state index < -0.39 is 10.0 Å². The number of piperidine rings is 1. The van der Waals surface area contributed by atoms with Gasteiger partial charge in [-0.25, -0.2) is 8.42 Å². The lowest BCUT2D eigenvalue weighted by Crippen LogP contribution is -2.33. The first-order valence-electron chi connectivity index (χ1n) is 6.18. The molecule has 18 heavy (non-hydrogen) atoms. The number of aromatic nitrogens is 2. The molecular weight excluding hydrogens is 252 g/mol. The summed E-state index contributed by atoms with van der Waals surface area (Å²) in [6.45, 7) is 3.61. The van der Waals surface area contributed by atoms with Crippen LogP contribution < -0.4 is 10.0 Å². The van der Waals surface area contributed by atoms with Gasteiger partial charge in [-0.15, -0.1) is 0 Å². The van der Waals surface area contributed by atoms with Crippen molar-refractivity contribution in [2.24, 2.45) is 13.0 Å². The smallest absolute Gasteiger partial charge is 0.233 e. The summed E-state index contributed by atoms with van der Waals surface area (Å²) in [5.41, 5.74) is 1.28. The van der Waals surface area contributed by atoms with Crippen LogP contribution in [0.3, 0.4) is 0 Å².